The summed E-state index contributed by atoms with van der Waals surface area (Å²) in [5, 5.41) is 8.27. The minimum Gasteiger partial charge on any atom is -0.496 e. The van der Waals surface area contributed by atoms with Gasteiger partial charge >= 0.3 is 0 Å². The molecule has 0 saturated carbocycles. The first kappa shape index (κ1) is 14.2. The van der Waals surface area contributed by atoms with E-state index in [0.29, 0.717) is 17.1 Å². The van der Waals surface area contributed by atoms with Gasteiger partial charge in [-0.2, -0.15) is 0 Å². The lowest BCUT2D eigenvalue weighted by Crippen LogP contribution is -2.03. The standard InChI is InChI=1S/C16H15FN4O/c1-22-15-5-3-2-4-13(15)16-14(10-18)19-20-21(16)12-8-6-11(17)7-9-12/h2-9H,10,18H2,1H3. The summed E-state index contributed by atoms with van der Waals surface area (Å²) in [6.45, 7) is 0.245. The van der Waals surface area contributed by atoms with Gasteiger partial charge in [-0.3, -0.25) is 0 Å². The molecule has 0 aliphatic carbocycles. The van der Waals surface area contributed by atoms with E-state index in [-0.39, 0.29) is 12.4 Å². The zero-order valence-electron chi connectivity index (χ0n) is 12.0. The van der Waals surface area contributed by atoms with E-state index in [4.69, 9.17) is 10.5 Å². The number of ether oxygens (including phenoxy) is 1. The SMILES string of the molecule is COc1ccccc1-c1c(CN)nnn1-c1ccc(F)cc1. The molecule has 0 bridgehead atoms. The molecule has 6 heteroatoms. The second-order valence-electron chi connectivity index (χ2n) is 4.68. The Bertz CT molecular complexity index is 783. The van der Waals surface area contributed by atoms with Crippen LogP contribution in [0.4, 0.5) is 4.39 Å². The molecule has 0 aliphatic rings. The summed E-state index contributed by atoms with van der Waals surface area (Å²) in [7, 11) is 1.60. The van der Waals surface area contributed by atoms with Crippen LogP contribution in [0.25, 0.3) is 16.9 Å². The fourth-order valence-corrected chi connectivity index (χ4v) is 2.32. The Labute approximate surface area is 127 Å². The molecule has 1 heterocycles. The average molecular weight is 298 g/mol. The molecular formula is C16H15FN4O. The van der Waals surface area contributed by atoms with E-state index >= 15 is 0 Å². The van der Waals surface area contributed by atoms with Crippen molar-refractivity contribution in [2.45, 2.75) is 6.54 Å². The minimum absolute atomic E-state index is 0.245. The molecule has 0 unspecified atom stereocenters. The van der Waals surface area contributed by atoms with Gasteiger partial charge < -0.3 is 10.5 Å². The first-order valence-corrected chi connectivity index (χ1v) is 6.78. The van der Waals surface area contributed by atoms with Gasteiger partial charge in [-0.1, -0.05) is 17.3 Å². The van der Waals surface area contributed by atoms with Crippen LogP contribution in [0.5, 0.6) is 5.75 Å². The van der Waals surface area contributed by atoms with Gasteiger partial charge in [0.15, 0.2) is 0 Å². The van der Waals surface area contributed by atoms with E-state index in [1.165, 1.54) is 12.1 Å². The number of rotatable bonds is 4. The second-order valence-corrected chi connectivity index (χ2v) is 4.68. The second kappa shape index (κ2) is 5.95. The quantitative estimate of drug-likeness (QED) is 0.804. The first-order chi connectivity index (χ1) is 10.7. The highest BCUT2D eigenvalue weighted by Gasteiger charge is 2.18. The van der Waals surface area contributed by atoms with Gasteiger partial charge in [0.25, 0.3) is 0 Å². The third-order valence-corrected chi connectivity index (χ3v) is 3.37. The van der Waals surface area contributed by atoms with Crippen LogP contribution in [0.15, 0.2) is 48.5 Å². The lowest BCUT2D eigenvalue weighted by molar-refractivity contribution is 0.416. The van der Waals surface area contributed by atoms with Crippen LogP contribution < -0.4 is 10.5 Å². The fourth-order valence-electron chi connectivity index (χ4n) is 2.32. The summed E-state index contributed by atoms with van der Waals surface area (Å²) in [5.41, 5.74) is 8.70. The molecule has 22 heavy (non-hydrogen) atoms. The number of methoxy groups -OCH3 is 1. The van der Waals surface area contributed by atoms with Crippen LogP contribution in [0.2, 0.25) is 0 Å². The highest BCUT2D eigenvalue weighted by Crippen LogP contribution is 2.32. The number of para-hydroxylation sites is 1. The Morgan fingerprint density at radius 2 is 1.86 bits per heavy atom. The third-order valence-electron chi connectivity index (χ3n) is 3.37. The summed E-state index contributed by atoms with van der Waals surface area (Å²) >= 11 is 0. The molecule has 2 N–H and O–H groups in total. The van der Waals surface area contributed by atoms with Gasteiger partial charge in [0.1, 0.15) is 23.0 Å². The lowest BCUT2D eigenvalue weighted by atomic mass is 10.1. The minimum atomic E-state index is -0.304. The van der Waals surface area contributed by atoms with Crippen LogP contribution in [-0.4, -0.2) is 22.1 Å². The maximum Gasteiger partial charge on any atom is 0.128 e. The summed E-state index contributed by atoms with van der Waals surface area (Å²) in [5.74, 6) is 0.393. The summed E-state index contributed by atoms with van der Waals surface area (Å²) in [6.07, 6.45) is 0. The molecule has 2 aromatic carbocycles. The molecule has 0 atom stereocenters. The highest BCUT2D eigenvalue weighted by molar-refractivity contribution is 5.70. The molecule has 0 fully saturated rings. The molecule has 1 aromatic heterocycles. The number of hydrogen-bond acceptors (Lipinski definition) is 4. The van der Waals surface area contributed by atoms with Gasteiger partial charge in [-0.05, 0) is 36.4 Å². The van der Waals surface area contributed by atoms with Crippen molar-refractivity contribution in [1.29, 1.82) is 0 Å². The summed E-state index contributed by atoms with van der Waals surface area (Å²) < 4.78 is 20.2. The van der Waals surface area contributed by atoms with Crippen LogP contribution >= 0.6 is 0 Å². The molecular weight excluding hydrogens is 283 g/mol. The summed E-state index contributed by atoms with van der Waals surface area (Å²) in [4.78, 5) is 0. The highest BCUT2D eigenvalue weighted by atomic mass is 19.1. The van der Waals surface area contributed by atoms with E-state index in [0.717, 1.165) is 11.3 Å². The van der Waals surface area contributed by atoms with Crippen molar-refractivity contribution in [2.24, 2.45) is 5.73 Å². The van der Waals surface area contributed by atoms with Crippen LogP contribution in [0.3, 0.4) is 0 Å². The van der Waals surface area contributed by atoms with Crippen LogP contribution in [-0.2, 0) is 6.54 Å². The van der Waals surface area contributed by atoms with Crippen molar-refractivity contribution in [3.05, 3.63) is 60.0 Å². The molecule has 0 aliphatic heterocycles. The zero-order valence-corrected chi connectivity index (χ0v) is 12.0. The number of benzene rings is 2. The van der Waals surface area contributed by atoms with Crippen LogP contribution in [0, 0.1) is 5.82 Å². The fraction of sp³-hybridized carbons (Fsp3) is 0.125. The molecule has 0 spiro atoms. The number of hydrogen-bond donors (Lipinski definition) is 1. The third kappa shape index (κ3) is 2.44. The van der Waals surface area contributed by atoms with Crippen molar-refractivity contribution in [1.82, 2.24) is 15.0 Å². The normalized spacial score (nSPS) is 10.7. The average Bonchev–Trinajstić information content (AvgIpc) is 2.99. The Balaban J connectivity index is 2.22. The van der Waals surface area contributed by atoms with Gasteiger partial charge in [-0.25, -0.2) is 9.07 Å². The van der Waals surface area contributed by atoms with E-state index < -0.39 is 0 Å². The van der Waals surface area contributed by atoms with Gasteiger partial charge in [0.05, 0.1) is 12.8 Å². The Kier molecular flexibility index (Phi) is 3.84. The van der Waals surface area contributed by atoms with E-state index in [1.54, 1.807) is 23.9 Å². The number of aromatic nitrogens is 3. The van der Waals surface area contributed by atoms with Crippen molar-refractivity contribution in [3.63, 3.8) is 0 Å². The maximum absolute atomic E-state index is 13.1. The molecule has 5 nitrogen and oxygen atoms in total. The molecule has 0 amide bonds. The van der Waals surface area contributed by atoms with Gasteiger partial charge in [0, 0.05) is 12.1 Å². The topological polar surface area (TPSA) is 66.0 Å². The molecule has 3 aromatic rings. The van der Waals surface area contributed by atoms with Crippen LogP contribution in [0.1, 0.15) is 5.69 Å². The molecule has 3 rings (SSSR count). The number of nitrogens with two attached hydrogens (primary N) is 1. The monoisotopic (exact) mass is 298 g/mol. The Morgan fingerprint density at radius 1 is 1.14 bits per heavy atom. The zero-order chi connectivity index (χ0) is 15.5. The first-order valence-electron chi connectivity index (χ1n) is 6.78. The lowest BCUT2D eigenvalue weighted by Gasteiger charge is -2.11. The van der Waals surface area contributed by atoms with Crippen molar-refractivity contribution < 1.29 is 9.13 Å². The van der Waals surface area contributed by atoms with E-state index in [1.807, 2.05) is 24.3 Å². The Morgan fingerprint density at radius 3 is 2.55 bits per heavy atom. The number of halogens is 1. The van der Waals surface area contributed by atoms with E-state index in [2.05, 4.69) is 10.3 Å². The van der Waals surface area contributed by atoms with E-state index in [9.17, 15) is 4.39 Å². The largest absolute Gasteiger partial charge is 0.496 e. The predicted octanol–water partition coefficient (Wildman–Crippen LogP) is 2.54. The van der Waals surface area contributed by atoms with Crippen molar-refractivity contribution in [3.8, 4) is 22.7 Å². The van der Waals surface area contributed by atoms with Gasteiger partial charge in [-0.15, -0.1) is 5.10 Å². The van der Waals surface area contributed by atoms with Gasteiger partial charge in [0.2, 0.25) is 0 Å². The van der Waals surface area contributed by atoms with Crippen molar-refractivity contribution in [2.75, 3.05) is 7.11 Å². The predicted molar refractivity (Wildman–Crippen MR) is 81.2 cm³/mol. The molecule has 112 valence electrons. The summed E-state index contributed by atoms with van der Waals surface area (Å²) in [6, 6.07) is 13.6. The molecule has 0 saturated heterocycles. The molecule has 0 radical (unpaired) electrons. The maximum atomic E-state index is 13.1. The smallest absolute Gasteiger partial charge is 0.128 e. The Hall–Kier alpha value is -2.73. The number of nitrogens with zero attached hydrogens (tertiary/aromatic N) is 3. The van der Waals surface area contributed by atoms with Crippen molar-refractivity contribution >= 4 is 0 Å².